The Kier molecular flexibility index (Phi) is 10.1. The van der Waals surface area contributed by atoms with Crippen molar-refractivity contribution in [1.82, 2.24) is 20.1 Å². The topological polar surface area (TPSA) is 106 Å². The zero-order valence-corrected chi connectivity index (χ0v) is 27.1. The van der Waals surface area contributed by atoms with Crippen LogP contribution in [-0.4, -0.2) is 68.5 Å². The molecule has 0 spiro atoms. The number of aromatic hydroxyl groups is 1. The van der Waals surface area contributed by atoms with Crippen LogP contribution in [0.5, 0.6) is 5.75 Å². The first-order chi connectivity index (χ1) is 19.7. The number of amides is 3. The van der Waals surface area contributed by atoms with Gasteiger partial charge in [0.2, 0.25) is 10.9 Å². The first-order valence-electron chi connectivity index (χ1n) is 15.3. The highest BCUT2D eigenvalue weighted by molar-refractivity contribution is 7.80. The van der Waals surface area contributed by atoms with Gasteiger partial charge in [-0.3, -0.25) is 24.2 Å². The third-order valence-electron chi connectivity index (χ3n) is 7.95. The maximum Gasteiger partial charge on any atom is 0.253 e. The molecule has 1 fully saturated rings. The van der Waals surface area contributed by atoms with Crippen molar-refractivity contribution in [2.24, 2.45) is 11.3 Å². The van der Waals surface area contributed by atoms with E-state index in [-0.39, 0.29) is 34.4 Å². The summed E-state index contributed by atoms with van der Waals surface area (Å²) in [6.45, 7) is 17.2. The molecule has 3 N–H and O–H groups in total. The van der Waals surface area contributed by atoms with Gasteiger partial charge in [-0.05, 0) is 89.4 Å². The number of imide groups is 1. The molecule has 0 radical (unpaired) electrons. The smallest absolute Gasteiger partial charge is 0.253 e. The second kappa shape index (κ2) is 13.2. The summed E-state index contributed by atoms with van der Waals surface area (Å²) in [5, 5.41) is 16.4. The van der Waals surface area contributed by atoms with Gasteiger partial charge in [0, 0.05) is 66.5 Å². The highest BCUT2D eigenvalue weighted by atomic mass is 32.2. The van der Waals surface area contributed by atoms with Crippen molar-refractivity contribution in [2.45, 2.75) is 96.4 Å². The molecule has 9 heteroatoms. The number of H-pyrrole nitrogens is 1. The zero-order valence-electron chi connectivity index (χ0n) is 26.2. The number of benzene rings is 1. The molecule has 3 heterocycles. The van der Waals surface area contributed by atoms with Gasteiger partial charge in [0.15, 0.2) is 0 Å². The molecule has 0 aliphatic carbocycles. The average molecular weight is 598 g/mol. The molecule has 1 saturated heterocycles. The van der Waals surface area contributed by atoms with Gasteiger partial charge in [0.05, 0.1) is 5.52 Å². The molecule has 3 amide bonds. The first-order valence-corrected chi connectivity index (χ1v) is 16.2. The van der Waals surface area contributed by atoms with E-state index in [2.05, 4.69) is 62.8 Å². The summed E-state index contributed by atoms with van der Waals surface area (Å²) in [4.78, 5) is 42.8. The normalized spacial score (nSPS) is 17.1. The van der Waals surface area contributed by atoms with Crippen molar-refractivity contribution in [2.75, 3.05) is 26.2 Å². The van der Waals surface area contributed by atoms with Gasteiger partial charge < -0.3 is 15.4 Å². The van der Waals surface area contributed by atoms with E-state index in [0.29, 0.717) is 37.6 Å². The van der Waals surface area contributed by atoms with Crippen molar-refractivity contribution in [1.29, 1.82) is 0 Å². The van der Waals surface area contributed by atoms with Gasteiger partial charge in [0.1, 0.15) is 10.5 Å². The molecule has 0 atom stereocenters. The SMILES string of the molecule is CC(C)(C)Cc1c([SH+]C(C)(C)C)[nH]c2c(CN3CCC(CCNC(=O)CCCN4C(=O)C=CC4=O)CC3)c(O)ccc12. The average Bonchev–Trinajstić information content (AvgIpc) is 3.38. The van der Waals surface area contributed by atoms with Gasteiger partial charge in [-0.2, -0.15) is 0 Å². The fraction of sp³-hybridized carbons (Fsp3) is 0.606. The minimum atomic E-state index is -0.304. The molecule has 0 unspecified atom stereocenters. The molecule has 230 valence electrons. The fourth-order valence-corrected chi connectivity index (χ4v) is 7.04. The van der Waals surface area contributed by atoms with Crippen LogP contribution in [0.25, 0.3) is 10.9 Å². The van der Waals surface area contributed by atoms with E-state index in [9.17, 15) is 19.5 Å². The summed E-state index contributed by atoms with van der Waals surface area (Å²) in [5.41, 5.74) is 3.58. The summed E-state index contributed by atoms with van der Waals surface area (Å²) < 4.78 is 0.128. The monoisotopic (exact) mass is 597 g/mol. The summed E-state index contributed by atoms with van der Waals surface area (Å²) in [6.07, 6.45) is 7.35. The number of hydrogen-bond donors (Lipinski definition) is 3. The lowest BCUT2D eigenvalue weighted by molar-refractivity contribution is -0.137. The predicted octanol–water partition coefficient (Wildman–Crippen LogP) is 4.86. The third kappa shape index (κ3) is 8.63. The summed E-state index contributed by atoms with van der Waals surface area (Å²) in [7, 11) is 0. The van der Waals surface area contributed by atoms with Crippen LogP contribution in [0.3, 0.4) is 0 Å². The van der Waals surface area contributed by atoms with Crippen LogP contribution in [0.2, 0.25) is 0 Å². The number of aromatic nitrogens is 1. The number of aromatic amines is 1. The Balaban J connectivity index is 1.28. The summed E-state index contributed by atoms with van der Waals surface area (Å²) in [6, 6.07) is 3.94. The van der Waals surface area contributed by atoms with Crippen LogP contribution in [-0.2, 0) is 39.1 Å². The number of phenols is 1. The minimum absolute atomic E-state index is 0.0370. The molecule has 1 aromatic heterocycles. The number of rotatable bonds is 11. The van der Waals surface area contributed by atoms with Gasteiger partial charge in [-0.1, -0.05) is 20.8 Å². The fourth-order valence-electron chi connectivity index (χ4n) is 5.86. The Morgan fingerprint density at radius 3 is 2.33 bits per heavy atom. The molecular weight excluding hydrogens is 548 g/mol. The lowest BCUT2D eigenvalue weighted by Crippen LogP contribution is -2.35. The molecule has 8 nitrogen and oxygen atoms in total. The van der Waals surface area contributed by atoms with Crippen molar-refractivity contribution in [3.8, 4) is 5.75 Å². The molecule has 0 bridgehead atoms. The van der Waals surface area contributed by atoms with Crippen molar-refractivity contribution >= 4 is 40.4 Å². The number of thiol groups is 1. The minimum Gasteiger partial charge on any atom is -0.508 e. The molecular formula is C33H49N4O4S+. The van der Waals surface area contributed by atoms with E-state index >= 15 is 0 Å². The quantitative estimate of drug-likeness (QED) is 0.195. The molecule has 2 aromatic rings. The van der Waals surface area contributed by atoms with E-state index in [0.717, 1.165) is 49.9 Å². The van der Waals surface area contributed by atoms with Gasteiger partial charge >= 0.3 is 0 Å². The molecule has 4 rings (SSSR count). The zero-order chi connectivity index (χ0) is 30.7. The number of phenolic OH excluding ortho intramolecular Hbond substituents is 1. The van der Waals surface area contributed by atoms with E-state index < -0.39 is 0 Å². The Labute approximate surface area is 254 Å². The molecule has 1 aromatic carbocycles. The number of nitrogens with one attached hydrogen (secondary N) is 2. The van der Waals surface area contributed by atoms with Crippen LogP contribution in [0.15, 0.2) is 29.3 Å². The van der Waals surface area contributed by atoms with Crippen LogP contribution in [0.1, 0.15) is 84.8 Å². The Bertz CT molecular complexity index is 1310. The Hall–Kier alpha value is -2.78. The number of fused-ring (bicyclic) bond motifs is 1. The van der Waals surface area contributed by atoms with Crippen LogP contribution in [0.4, 0.5) is 0 Å². The Morgan fingerprint density at radius 1 is 1.05 bits per heavy atom. The van der Waals surface area contributed by atoms with Crippen molar-refractivity contribution < 1.29 is 19.5 Å². The molecule has 0 saturated carbocycles. The predicted molar refractivity (Wildman–Crippen MR) is 171 cm³/mol. The lowest BCUT2D eigenvalue weighted by atomic mass is 9.88. The molecule has 42 heavy (non-hydrogen) atoms. The standard InChI is InChI=1S/C33H48N4O4S/c1-32(2,3)20-24-23-9-10-26(38)25(30(23)35-31(24)42-33(4,5)6)21-36-18-14-22(15-19-36)13-16-34-27(39)8-7-17-37-28(40)11-12-29(37)41/h9-12,22,35,38H,7-8,13-21H2,1-6H3,(H,34,39)/p+1. The van der Waals surface area contributed by atoms with E-state index in [4.69, 9.17) is 0 Å². The van der Waals surface area contributed by atoms with Crippen molar-refractivity contribution in [3.05, 3.63) is 35.4 Å². The highest BCUT2D eigenvalue weighted by Gasteiger charge is 2.31. The number of piperidine rings is 1. The third-order valence-corrected chi connectivity index (χ3v) is 9.22. The summed E-state index contributed by atoms with van der Waals surface area (Å²) >= 11 is 1.26. The number of nitrogens with zero attached hydrogens (tertiary/aromatic N) is 2. The van der Waals surface area contributed by atoms with Gasteiger partial charge in [-0.25, -0.2) is 0 Å². The first kappa shape index (κ1) is 32.1. The number of carbonyl (C=O) groups is 3. The van der Waals surface area contributed by atoms with Crippen LogP contribution < -0.4 is 5.32 Å². The largest absolute Gasteiger partial charge is 0.508 e. The Morgan fingerprint density at radius 2 is 1.71 bits per heavy atom. The molecule has 2 aliphatic heterocycles. The van der Waals surface area contributed by atoms with E-state index in [1.54, 1.807) is 0 Å². The number of hydrogen-bond acceptors (Lipinski definition) is 5. The number of carbonyl (C=O) groups excluding carboxylic acids is 3. The van der Waals surface area contributed by atoms with Crippen LogP contribution >= 0.6 is 0 Å². The molecule has 2 aliphatic rings. The van der Waals surface area contributed by atoms with Crippen LogP contribution in [0, 0.1) is 11.3 Å². The maximum atomic E-state index is 12.2. The van der Waals surface area contributed by atoms with E-state index in [1.165, 1.54) is 44.8 Å². The lowest BCUT2D eigenvalue weighted by Gasteiger charge is -2.32. The number of likely N-dealkylation sites (tertiary alicyclic amines) is 1. The second-order valence-corrected chi connectivity index (χ2v) is 16.1. The van der Waals surface area contributed by atoms with E-state index in [1.807, 2.05) is 6.07 Å². The summed E-state index contributed by atoms with van der Waals surface area (Å²) in [5.74, 6) is 0.260. The van der Waals surface area contributed by atoms with Crippen molar-refractivity contribution in [3.63, 3.8) is 0 Å². The second-order valence-electron chi connectivity index (χ2n) is 14.1. The highest BCUT2D eigenvalue weighted by Crippen LogP contribution is 2.37. The van der Waals surface area contributed by atoms with Gasteiger partial charge in [-0.15, -0.1) is 0 Å². The van der Waals surface area contributed by atoms with Gasteiger partial charge in [0.25, 0.3) is 11.8 Å². The maximum absolute atomic E-state index is 12.2.